The van der Waals surface area contributed by atoms with E-state index in [4.69, 9.17) is 11.1 Å². The van der Waals surface area contributed by atoms with Crippen molar-refractivity contribution in [2.75, 3.05) is 6.54 Å². The Balaban J connectivity index is 2.46. The van der Waals surface area contributed by atoms with Crippen LogP contribution in [0, 0.1) is 17.2 Å². The number of hydrogen-bond acceptors (Lipinski definition) is 3. The summed E-state index contributed by atoms with van der Waals surface area (Å²) in [6.45, 7) is 2.85. The van der Waals surface area contributed by atoms with E-state index in [9.17, 15) is 0 Å². The molecular weight excluding hydrogens is 126 g/mol. The maximum atomic E-state index is 8.56. The van der Waals surface area contributed by atoms with Gasteiger partial charge in [0.05, 0.1) is 12.0 Å². The molecular formula is C7H13N3. The minimum atomic E-state index is 0.162. The van der Waals surface area contributed by atoms with Crippen molar-refractivity contribution in [2.24, 2.45) is 11.8 Å². The molecule has 0 spiro atoms. The van der Waals surface area contributed by atoms with E-state index in [1.54, 1.807) is 5.01 Å². The van der Waals surface area contributed by atoms with Gasteiger partial charge in [0.15, 0.2) is 0 Å². The summed E-state index contributed by atoms with van der Waals surface area (Å²) in [5.41, 5.74) is 0. The summed E-state index contributed by atoms with van der Waals surface area (Å²) in [5, 5.41) is 10.4. The molecule has 0 aromatic carbocycles. The van der Waals surface area contributed by atoms with Crippen LogP contribution in [-0.2, 0) is 0 Å². The number of nitriles is 1. The highest BCUT2D eigenvalue weighted by Crippen LogP contribution is 2.21. The lowest BCUT2D eigenvalue weighted by atomic mass is 10.1. The van der Waals surface area contributed by atoms with Gasteiger partial charge in [0.2, 0.25) is 0 Å². The van der Waals surface area contributed by atoms with Crippen LogP contribution in [0.3, 0.4) is 0 Å². The fourth-order valence-electron chi connectivity index (χ4n) is 1.44. The second-order valence-electron chi connectivity index (χ2n) is 2.82. The lowest BCUT2D eigenvalue weighted by molar-refractivity contribution is 0.255. The SMILES string of the molecule is CCC1CC(C#N)CN1N. The zero-order valence-corrected chi connectivity index (χ0v) is 6.25. The van der Waals surface area contributed by atoms with E-state index in [-0.39, 0.29) is 5.92 Å². The van der Waals surface area contributed by atoms with E-state index >= 15 is 0 Å². The van der Waals surface area contributed by atoms with Gasteiger partial charge >= 0.3 is 0 Å². The lowest BCUT2D eigenvalue weighted by Gasteiger charge is -2.15. The van der Waals surface area contributed by atoms with Crippen LogP contribution in [0.2, 0.25) is 0 Å². The first-order valence-corrected chi connectivity index (χ1v) is 3.69. The first-order chi connectivity index (χ1) is 4.77. The predicted octanol–water partition coefficient (Wildman–Crippen LogP) is 0.484. The maximum Gasteiger partial charge on any atom is 0.0670 e. The molecule has 10 heavy (non-hydrogen) atoms. The molecule has 1 fully saturated rings. The van der Waals surface area contributed by atoms with Crippen molar-refractivity contribution in [2.45, 2.75) is 25.8 Å². The van der Waals surface area contributed by atoms with E-state index in [0.717, 1.165) is 19.4 Å². The van der Waals surface area contributed by atoms with Gasteiger partial charge in [-0.05, 0) is 12.8 Å². The van der Waals surface area contributed by atoms with Crippen LogP contribution in [0.4, 0.5) is 0 Å². The molecule has 3 nitrogen and oxygen atoms in total. The van der Waals surface area contributed by atoms with E-state index in [0.29, 0.717) is 6.04 Å². The van der Waals surface area contributed by atoms with Crippen LogP contribution in [0.25, 0.3) is 0 Å². The van der Waals surface area contributed by atoms with Gasteiger partial charge in [-0.1, -0.05) is 6.92 Å². The lowest BCUT2D eigenvalue weighted by Crippen LogP contribution is -2.35. The average Bonchev–Trinajstić information content (AvgIpc) is 2.30. The largest absolute Gasteiger partial charge is 0.268 e. The quantitative estimate of drug-likeness (QED) is 0.538. The molecule has 2 N–H and O–H groups in total. The van der Waals surface area contributed by atoms with Crippen molar-refractivity contribution in [3.05, 3.63) is 0 Å². The Morgan fingerprint density at radius 3 is 2.80 bits per heavy atom. The van der Waals surface area contributed by atoms with Gasteiger partial charge in [0.25, 0.3) is 0 Å². The molecule has 1 aliphatic heterocycles. The van der Waals surface area contributed by atoms with Crippen molar-refractivity contribution >= 4 is 0 Å². The smallest absolute Gasteiger partial charge is 0.0670 e. The van der Waals surface area contributed by atoms with Gasteiger partial charge in [-0.2, -0.15) is 5.26 Å². The molecule has 1 heterocycles. The topological polar surface area (TPSA) is 53.0 Å². The minimum Gasteiger partial charge on any atom is -0.268 e. The Hall–Kier alpha value is -0.590. The van der Waals surface area contributed by atoms with Crippen molar-refractivity contribution in [3.8, 4) is 6.07 Å². The average molecular weight is 139 g/mol. The molecule has 0 saturated carbocycles. The zero-order chi connectivity index (χ0) is 7.56. The van der Waals surface area contributed by atoms with E-state index in [1.807, 2.05) is 0 Å². The third-order valence-corrected chi connectivity index (χ3v) is 2.11. The summed E-state index contributed by atoms with van der Waals surface area (Å²) in [6.07, 6.45) is 2.00. The van der Waals surface area contributed by atoms with E-state index < -0.39 is 0 Å². The molecule has 0 bridgehead atoms. The minimum absolute atomic E-state index is 0.162. The van der Waals surface area contributed by atoms with Crippen LogP contribution in [-0.4, -0.2) is 17.6 Å². The number of nitrogens with two attached hydrogens (primary N) is 1. The molecule has 1 aliphatic rings. The fraction of sp³-hybridized carbons (Fsp3) is 0.857. The van der Waals surface area contributed by atoms with Gasteiger partial charge < -0.3 is 0 Å². The van der Waals surface area contributed by atoms with Crippen molar-refractivity contribution in [1.82, 2.24) is 5.01 Å². The molecule has 1 rings (SSSR count). The van der Waals surface area contributed by atoms with Gasteiger partial charge in [-0.3, -0.25) is 5.84 Å². The normalized spacial score (nSPS) is 34.1. The summed E-state index contributed by atoms with van der Waals surface area (Å²) >= 11 is 0. The third-order valence-electron chi connectivity index (χ3n) is 2.11. The van der Waals surface area contributed by atoms with Gasteiger partial charge in [-0.15, -0.1) is 0 Å². The summed E-state index contributed by atoms with van der Waals surface area (Å²) in [5.74, 6) is 5.80. The number of hydrazine groups is 1. The van der Waals surface area contributed by atoms with Crippen LogP contribution in [0.1, 0.15) is 19.8 Å². The number of rotatable bonds is 1. The Labute approximate surface area is 61.4 Å². The van der Waals surface area contributed by atoms with Crippen LogP contribution < -0.4 is 5.84 Å². The summed E-state index contributed by atoms with van der Waals surface area (Å²) < 4.78 is 0. The van der Waals surface area contributed by atoms with Crippen LogP contribution in [0.5, 0.6) is 0 Å². The maximum absolute atomic E-state index is 8.56. The van der Waals surface area contributed by atoms with E-state index in [2.05, 4.69) is 13.0 Å². The molecule has 56 valence electrons. The zero-order valence-electron chi connectivity index (χ0n) is 6.25. The Morgan fingerprint density at radius 2 is 2.50 bits per heavy atom. The molecule has 0 aliphatic carbocycles. The Morgan fingerprint density at radius 1 is 1.80 bits per heavy atom. The summed E-state index contributed by atoms with van der Waals surface area (Å²) in [7, 11) is 0. The van der Waals surface area contributed by atoms with Crippen molar-refractivity contribution in [1.29, 1.82) is 5.26 Å². The third kappa shape index (κ3) is 1.28. The molecule has 0 amide bonds. The molecule has 0 radical (unpaired) electrons. The van der Waals surface area contributed by atoms with Gasteiger partial charge in [0.1, 0.15) is 0 Å². The van der Waals surface area contributed by atoms with Gasteiger partial charge in [-0.25, -0.2) is 5.01 Å². The predicted molar refractivity (Wildman–Crippen MR) is 38.7 cm³/mol. The first-order valence-electron chi connectivity index (χ1n) is 3.69. The van der Waals surface area contributed by atoms with Crippen LogP contribution in [0.15, 0.2) is 0 Å². The van der Waals surface area contributed by atoms with Crippen LogP contribution >= 0.6 is 0 Å². The molecule has 1 saturated heterocycles. The summed E-state index contributed by atoms with van der Waals surface area (Å²) in [6, 6.07) is 2.67. The second kappa shape index (κ2) is 3.00. The monoisotopic (exact) mass is 139 g/mol. The van der Waals surface area contributed by atoms with Gasteiger partial charge in [0, 0.05) is 12.6 Å². The Bertz CT molecular complexity index is 149. The fourth-order valence-corrected chi connectivity index (χ4v) is 1.44. The summed E-state index contributed by atoms with van der Waals surface area (Å²) in [4.78, 5) is 0. The van der Waals surface area contributed by atoms with Crippen molar-refractivity contribution in [3.63, 3.8) is 0 Å². The van der Waals surface area contributed by atoms with Crippen molar-refractivity contribution < 1.29 is 0 Å². The second-order valence-corrected chi connectivity index (χ2v) is 2.82. The highest BCUT2D eigenvalue weighted by Gasteiger charge is 2.28. The molecule has 0 aromatic heterocycles. The molecule has 0 aromatic rings. The Kier molecular flexibility index (Phi) is 2.25. The number of nitrogens with zero attached hydrogens (tertiary/aromatic N) is 2. The molecule has 3 heteroatoms. The number of hydrogen-bond donors (Lipinski definition) is 1. The van der Waals surface area contributed by atoms with E-state index in [1.165, 1.54) is 0 Å². The first kappa shape index (κ1) is 7.52. The highest BCUT2D eigenvalue weighted by molar-refractivity contribution is 4.93. The molecule has 2 unspecified atom stereocenters. The highest BCUT2D eigenvalue weighted by atomic mass is 15.4. The molecule has 2 atom stereocenters. The standard InChI is InChI=1S/C7H13N3/c1-2-7-3-6(4-8)5-10(7)9/h6-7H,2-3,5,9H2,1H3.